The summed E-state index contributed by atoms with van der Waals surface area (Å²) >= 11 is 0. The summed E-state index contributed by atoms with van der Waals surface area (Å²) in [7, 11) is 3.18. The number of hydrogen-bond acceptors (Lipinski definition) is 4. The zero-order valence-electron chi connectivity index (χ0n) is 12.1. The van der Waals surface area contributed by atoms with Crippen molar-refractivity contribution in [3.8, 4) is 11.5 Å². The second-order valence-electron chi connectivity index (χ2n) is 4.56. The molecule has 0 atom stereocenters. The first-order valence-corrected chi connectivity index (χ1v) is 6.37. The van der Waals surface area contributed by atoms with Crippen molar-refractivity contribution in [3.05, 3.63) is 47.5 Å². The molecule has 2 aromatic carbocycles. The monoisotopic (exact) mass is 287 g/mol. The number of anilines is 2. The minimum absolute atomic E-state index is 0.295. The van der Waals surface area contributed by atoms with Gasteiger partial charge in [0, 0.05) is 29.6 Å². The summed E-state index contributed by atoms with van der Waals surface area (Å²) in [6.07, 6.45) is 0. The number of ether oxygens (including phenoxy) is 2. The second-order valence-corrected chi connectivity index (χ2v) is 4.56. The molecule has 0 unspecified atom stereocenters. The lowest BCUT2D eigenvalue weighted by molar-refractivity contribution is 0.0696. The zero-order valence-corrected chi connectivity index (χ0v) is 12.1. The van der Waals surface area contributed by atoms with Gasteiger partial charge in [-0.2, -0.15) is 0 Å². The third-order valence-electron chi connectivity index (χ3n) is 3.10. The van der Waals surface area contributed by atoms with Gasteiger partial charge in [0.25, 0.3) is 0 Å². The van der Waals surface area contributed by atoms with E-state index in [-0.39, 0.29) is 0 Å². The number of hydrogen-bond donors (Lipinski definition) is 2. The van der Waals surface area contributed by atoms with Crippen LogP contribution in [-0.4, -0.2) is 25.3 Å². The molecule has 110 valence electrons. The Bertz CT molecular complexity index is 645. The van der Waals surface area contributed by atoms with Crippen molar-refractivity contribution < 1.29 is 19.4 Å². The van der Waals surface area contributed by atoms with Crippen LogP contribution >= 0.6 is 0 Å². The van der Waals surface area contributed by atoms with E-state index in [0.29, 0.717) is 22.6 Å². The fourth-order valence-corrected chi connectivity index (χ4v) is 2.03. The lowest BCUT2D eigenvalue weighted by atomic mass is 10.1. The number of carboxylic acids is 1. The predicted octanol–water partition coefficient (Wildman–Crippen LogP) is 3.45. The molecule has 0 amide bonds. The Morgan fingerprint density at radius 1 is 1.00 bits per heavy atom. The smallest absolute Gasteiger partial charge is 0.335 e. The molecule has 0 aliphatic rings. The standard InChI is InChI=1S/C16H17NO4/c1-10-6-11(4-5-15(10)16(18)19)17-12-7-13(20-2)9-14(8-12)21-3/h4-9,17H,1-3H3,(H,18,19). The van der Waals surface area contributed by atoms with Gasteiger partial charge in [0.15, 0.2) is 0 Å². The maximum atomic E-state index is 11.0. The van der Waals surface area contributed by atoms with Gasteiger partial charge < -0.3 is 19.9 Å². The van der Waals surface area contributed by atoms with Crippen molar-refractivity contribution in [1.82, 2.24) is 0 Å². The first-order valence-electron chi connectivity index (χ1n) is 6.37. The van der Waals surface area contributed by atoms with Crippen molar-refractivity contribution in [2.45, 2.75) is 6.92 Å². The SMILES string of the molecule is COc1cc(Nc2ccc(C(=O)O)c(C)c2)cc(OC)c1. The molecular weight excluding hydrogens is 270 g/mol. The van der Waals surface area contributed by atoms with Gasteiger partial charge in [-0.3, -0.25) is 0 Å². The summed E-state index contributed by atoms with van der Waals surface area (Å²) in [5.41, 5.74) is 2.59. The van der Waals surface area contributed by atoms with E-state index in [1.54, 1.807) is 45.4 Å². The number of rotatable bonds is 5. The van der Waals surface area contributed by atoms with Gasteiger partial charge in [0.05, 0.1) is 19.8 Å². The number of carbonyl (C=O) groups is 1. The number of methoxy groups -OCH3 is 2. The van der Waals surface area contributed by atoms with Crippen LogP contribution in [0.3, 0.4) is 0 Å². The molecule has 0 heterocycles. The van der Waals surface area contributed by atoms with E-state index in [9.17, 15) is 4.79 Å². The molecule has 0 fully saturated rings. The third-order valence-corrected chi connectivity index (χ3v) is 3.10. The summed E-state index contributed by atoms with van der Waals surface area (Å²) in [5, 5.41) is 12.2. The van der Waals surface area contributed by atoms with Crippen molar-refractivity contribution in [1.29, 1.82) is 0 Å². The largest absolute Gasteiger partial charge is 0.497 e. The summed E-state index contributed by atoms with van der Waals surface area (Å²) in [6, 6.07) is 10.5. The van der Waals surface area contributed by atoms with E-state index in [1.165, 1.54) is 0 Å². The van der Waals surface area contributed by atoms with E-state index in [1.807, 2.05) is 12.1 Å². The molecule has 0 spiro atoms. The van der Waals surface area contributed by atoms with Crippen molar-refractivity contribution in [2.24, 2.45) is 0 Å². The van der Waals surface area contributed by atoms with Crippen molar-refractivity contribution in [3.63, 3.8) is 0 Å². The van der Waals surface area contributed by atoms with E-state index < -0.39 is 5.97 Å². The van der Waals surface area contributed by atoms with Gasteiger partial charge >= 0.3 is 5.97 Å². The highest BCUT2D eigenvalue weighted by Gasteiger charge is 2.08. The first-order chi connectivity index (χ1) is 10.0. The van der Waals surface area contributed by atoms with Crippen molar-refractivity contribution >= 4 is 17.3 Å². The van der Waals surface area contributed by atoms with Crippen LogP contribution in [0, 0.1) is 6.92 Å². The van der Waals surface area contributed by atoms with Crippen LogP contribution in [0.15, 0.2) is 36.4 Å². The van der Waals surface area contributed by atoms with Crippen molar-refractivity contribution in [2.75, 3.05) is 19.5 Å². The van der Waals surface area contributed by atoms with Crippen LogP contribution < -0.4 is 14.8 Å². The lowest BCUT2D eigenvalue weighted by Gasteiger charge is -2.12. The van der Waals surface area contributed by atoms with Gasteiger partial charge in [-0.1, -0.05) is 0 Å². The number of benzene rings is 2. The lowest BCUT2D eigenvalue weighted by Crippen LogP contribution is -2.00. The molecular formula is C16H17NO4. The predicted molar refractivity (Wildman–Crippen MR) is 81.0 cm³/mol. The summed E-state index contributed by atoms with van der Waals surface area (Å²) in [5.74, 6) is 0.425. The molecule has 2 rings (SSSR count). The van der Waals surface area contributed by atoms with Gasteiger partial charge in [-0.05, 0) is 30.7 Å². The van der Waals surface area contributed by atoms with Gasteiger partial charge in [0.1, 0.15) is 11.5 Å². The number of aromatic carboxylic acids is 1. The molecule has 0 aliphatic carbocycles. The second kappa shape index (κ2) is 6.17. The Hall–Kier alpha value is -2.69. The fraction of sp³-hybridized carbons (Fsp3) is 0.188. The number of nitrogens with one attached hydrogen (secondary N) is 1. The molecule has 0 aliphatic heterocycles. The molecule has 0 saturated carbocycles. The zero-order chi connectivity index (χ0) is 15.4. The topological polar surface area (TPSA) is 67.8 Å². The van der Waals surface area contributed by atoms with E-state index in [2.05, 4.69) is 5.32 Å². The van der Waals surface area contributed by atoms with E-state index >= 15 is 0 Å². The highest BCUT2D eigenvalue weighted by atomic mass is 16.5. The molecule has 0 bridgehead atoms. The Balaban J connectivity index is 2.29. The minimum atomic E-state index is -0.929. The maximum absolute atomic E-state index is 11.0. The molecule has 21 heavy (non-hydrogen) atoms. The Morgan fingerprint density at radius 2 is 1.62 bits per heavy atom. The molecule has 0 aromatic heterocycles. The Kier molecular flexibility index (Phi) is 4.33. The minimum Gasteiger partial charge on any atom is -0.497 e. The normalized spacial score (nSPS) is 10.0. The highest BCUT2D eigenvalue weighted by molar-refractivity contribution is 5.90. The van der Waals surface area contributed by atoms with Gasteiger partial charge in [-0.25, -0.2) is 4.79 Å². The van der Waals surface area contributed by atoms with Crippen LogP contribution in [-0.2, 0) is 0 Å². The third kappa shape index (κ3) is 3.45. The van der Waals surface area contributed by atoms with Crippen LogP contribution in [0.4, 0.5) is 11.4 Å². The van der Waals surface area contributed by atoms with Crippen LogP contribution in [0.2, 0.25) is 0 Å². The van der Waals surface area contributed by atoms with Gasteiger partial charge in [0.2, 0.25) is 0 Å². The quantitative estimate of drug-likeness (QED) is 0.881. The first kappa shape index (κ1) is 14.7. The molecule has 5 nitrogen and oxygen atoms in total. The van der Waals surface area contributed by atoms with E-state index in [4.69, 9.17) is 14.6 Å². The van der Waals surface area contributed by atoms with E-state index in [0.717, 1.165) is 11.4 Å². The fourth-order valence-electron chi connectivity index (χ4n) is 2.03. The molecule has 0 radical (unpaired) electrons. The number of aryl methyl sites for hydroxylation is 1. The average Bonchev–Trinajstić information content (AvgIpc) is 2.46. The van der Waals surface area contributed by atoms with Crippen LogP contribution in [0.1, 0.15) is 15.9 Å². The van der Waals surface area contributed by atoms with Crippen LogP contribution in [0.25, 0.3) is 0 Å². The number of carboxylic acid groups (broad SMARTS) is 1. The maximum Gasteiger partial charge on any atom is 0.335 e. The highest BCUT2D eigenvalue weighted by Crippen LogP contribution is 2.28. The molecule has 0 saturated heterocycles. The average molecular weight is 287 g/mol. The molecule has 5 heteroatoms. The summed E-state index contributed by atoms with van der Waals surface area (Å²) in [6.45, 7) is 1.76. The summed E-state index contributed by atoms with van der Waals surface area (Å²) in [4.78, 5) is 11.0. The summed E-state index contributed by atoms with van der Waals surface area (Å²) < 4.78 is 10.4. The Labute approximate surface area is 123 Å². The molecule has 2 aromatic rings. The van der Waals surface area contributed by atoms with Crippen LogP contribution in [0.5, 0.6) is 11.5 Å². The Morgan fingerprint density at radius 3 is 2.10 bits per heavy atom. The molecule has 2 N–H and O–H groups in total. The van der Waals surface area contributed by atoms with Gasteiger partial charge in [-0.15, -0.1) is 0 Å².